The Labute approximate surface area is 110 Å². The topological polar surface area (TPSA) is 47.0 Å². The first-order valence-electron chi connectivity index (χ1n) is 6.00. The van der Waals surface area contributed by atoms with Gasteiger partial charge in [-0.3, -0.25) is 0 Å². The van der Waals surface area contributed by atoms with Gasteiger partial charge >= 0.3 is 0 Å². The average Bonchev–Trinajstić information content (AvgIpc) is 2.79. The van der Waals surface area contributed by atoms with Gasteiger partial charge in [0.25, 0.3) is 0 Å². The third-order valence-electron chi connectivity index (χ3n) is 3.20. The van der Waals surface area contributed by atoms with Gasteiger partial charge in [0.1, 0.15) is 6.61 Å². The highest BCUT2D eigenvalue weighted by Crippen LogP contribution is 2.34. The van der Waals surface area contributed by atoms with Gasteiger partial charge in [-0.05, 0) is 17.5 Å². The summed E-state index contributed by atoms with van der Waals surface area (Å²) in [7, 11) is 1.65. The normalized spacial score (nSPS) is 17.1. The van der Waals surface area contributed by atoms with Crippen molar-refractivity contribution in [3.05, 3.63) is 41.2 Å². The molecule has 94 valence electrons. The number of hydrogen-bond acceptors (Lipinski definition) is 5. The summed E-state index contributed by atoms with van der Waals surface area (Å²) >= 11 is 1.40. The van der Waals surface area contributed by atoms with Crippen LogP contribution in [-0.4, -0.2) is 23.0 Å². The number of aromatic nitrogens is 2. The van der Waals surface area contributed by atoms with Crippen LogP contribution in [0.4, 0.5) is 5.13 Å². The van der Waals surface area contributed by atoms with Crippen LogP contribution in [0, 0.1) is 0 Å². The van der Waals surface area contributed by atoms with Crippen molar-refractivity contribution in [3.63, 3.8) is 0 Å². The van der Waals surface area contributed by atoms with Gasteiger partial charge < -0.3 is 10.1 Å². The van der Waals surface area contributed by atoms with Crippen molar-refractivity contribution in [2.75, 3.05) is 19.0 Å². The number of nitrogens with one attached hydrogen (secondary N) is 1. The molecule has 0 fully saturated rings. The quantitative estimate of drug-likeness (QED) is 0.898. The molecule has 3 rings (SSSR count). The second-order valence-electron chi connectivity index (χ2n) is 4.43. The highest BCUT2D eigenvalue weighted by molar-refractivity contribution is 7.09. The van der Waals surface area contributed by atoms with Gasteiger partial charge in [0.2, 0.25) is 5.13 Å². The maximum atomic E-state index is 5.00. The highest BCUT2D eigenvalue weighted by Gasteiger charge is 2.25. The molecule has 0 saturated heterocycles. The van der Waals surface area contributed by atoms with E-state index >= 15 is 0 Å². The first-order chi connectivity index (χ1) is 8.86. The molecule has 0 bridgehead atoms. The molecule has 0 aliphatic heterocycles. The van der Waals surface area contributed by atoms with Crippen LogP contribution >= 0.6 is 11.5 Å². The Morgan fingerprint density at radius 3 is 3.17 bits per heavy atom. The largest absolute Gasteiger partial charge is 0.377 e. The molecule has 1 aliphatic carbocycles. The lowest BCUT2D eigenvalue weighted by Gasteiger charge is -2.29. The molecule has 1 aliphatic rings. The minimum atomic E-state index is 0.477. The van der Waals surface area contributed by atoms with Gasteiger partial charge in [0.05, 0.1) is 0 Å². The lowest BCUT2D eigenvalue weighted by Crippen LogP contribution is -2.24. The van der Waals surface area contributed by atoms with E-state index < -0.39 is 0 Å². The molecule has 1 atom stereocenters. The Hall–Kier alpha value is -1.46. The van der Waals surface area contributed by atoms with Gasteiger partial charge in [0, 0.05) is 31.1 Å². The second kappa shape index (κ2) is 5.04. The zero-order chi connectivity index (χ0) is 12.4. The first-order valence-corrected chi connectivity index (χ1v) is 6.77. The fraction of sp³-hybridized carbons (Fsp3) is 0.385. The van der Waals surface area contributed by atoms with E-state index in [1.807, 2.05) is 0 Å². The number of nitrogens with zero attached hydrogens (tertiary/aromatic N) is 2. The number of anilines is 1. The van der Waals surface area contributed by atoms with Crippen LogP contribution in [-0.2, 0) is 17.8 Å². The Bertz CT molecular complexity index is 541. The van der Waals surface area contributed by atoms with Crippen molar-refractivity contribution in [1.29, 1.82) is 0 Å². The maximum Gasteiger partial charge on any atom is 0.202 e. The van der Waals surface area contributed by atoms with Crippen LogP contribution in [0.3, 0.4) is 0 Å². The molecule has 1 N–H and O–H groups in total. The van der Waals surface area contributed by atoms with E-state index in [-0.39, 0.29) is 0 Å². The summed E-state index contributed by atoms with van der Waals surface area (Å²) in [6, 6.07) is 8.62. The van der Waals surface area contributed by atoms with Gasteiger partial charge in [-0.25, -0.2) is 4.98 Å². The number of rotatable bonds is 5. The van der Waals surface area contributed by atoms with E-state index in [1.54, 1.807) is 7.11 Å². The van der Waals surface area contributed by atoms with E-state index in [2.05, 4.69) is 38.9 Å². The molecule has 1 unspecified atom stereocenters. The molecule has 0 amide bonds. The summed E-state index contributed by atoms with van der Waals surface area (Å²) < 4.78 is 9.21. The fourth-order valence-corrected chi connectivity index (χ4v) is 2.85. The first kappa shape index (κ1) is 11.6. The predicted molar refractivity (Wildman–Crippen MR) is 72.0 cm³/mol. The Balaban J connectivity index is 1.56. The van der Waals surface area contributed by atoms with Crippen LogP contribution in [0.5, 0.6) is 0 Å². The van der Waals surface area contributed by atoms with Crippen LogP contribution in [0.1, 0.15) is 22.9 Å². The van der Waals surface area contributed by atoms with E-state index in [0.29, 0.717) is 12.5 Å². The van der Waals surface area contributed by atoms with Crippen molar-refractivity contribution in [2.45, 2.75) is 18.9 Å². The SMILES string of the molecule is COCc1nsc(NCC2Cc3ccccc32)n1. The molecule has 18 heavy (non-hydrogen) atoms. The number of hydrogen-bond donors (Lipinski definition) is 1. The summed E-state index contributed by atoms with van der Waals surface area (Å²) in [5.41, 5.74) is 2.94. The van der Waals surface area contributed by atoms with Crippen molar-refractivity contribution in [2.24, 2.45) is 0 Å². The maximum absolute atomic E-state index is 5.00. The summed E-state index contributed by atoms with van der Waals surface area (Å²) in [5.74, 6) is 1.36. The monoisotopic (exact) mass is 261 g/mol. The highest BCUT2D eigenvalue weighted by atomic mass is 32.1. The average molecular weight is 261 g/mol. The molecule has 1 heterocycles. The fourth-order valence-electron chi connectivity index (χ4n) is 2.27. The minimum Gasteiger partial charge on any atom is -0.377 e. The van der Waals surface area contributed by atoms with Crippen molar-refractivity contribution >= 4 is 16.7 Å². The molecule has 2 aromatic rings. The van der Waals surface area contributed by atoms with Crippen LogP contribution < -0.4 is 5.32 Å². The zero-order valence-corrected chi connectivity index (χ0v) is 11.0. The Morgan fingerprint density at radius 1 is 1.44 bits per heavy atom. The van der Waals surface area contributed by atoms with Crippen LogP contribution in [0.25, 0.3) is 0 Å². The minimum absolute atomic E-state index is 0.477. The Morgan fingerprint density at radius 2 is 2.33 bits per heavy atom. The molecule has 5 heteroatoms. The van der Waals surface area contributed by atoms with E-state index in [4.69, 9.17) is 4.74 Å². The molecule has 1 aromatic carbocycles. The molecule has 0 spiro atoms. The number of methoxy groups -OCH3 is 1. The van der Waals surface area contributed by atoms with Crippen molar-refractivity contribution in [1.82, 2.24) is 9.36 Å². The van der Waals surface area contributed by atoms with E-state index in [1.165, 1.54) is 22.7 Å². The lowest BCUT2D eigenvalue weighted by atomic mass is 9.78. The number of fused-ring (bicyclic) bond motifs is 1. The summed E-state index contributed by atoms with van der Waals surface area (Å²) in [4.78, 5) is 4.36. The predicted octanol–water partition coefficient (Wildman–Crippen LogP) is 2.44. The number of benzene rings is 1. The molecular weight excluding hydrogens is 246 g/mol. The summed E-state index contributed by atoms with van der Waals surface area (Å²) in [6.45, 7) is 1.41. The van der Waals surface area contributed by atoms with Gasteiger partial charge in [0.15, 0.2) is 5.82 Å². The number of ether oxygens (including phenoxy) is 1. The van der Waals surface area contributed by atoms with E-state index in [9.17, 15) is 0 Å². The molecular formula is C13H15N3OS. The van der Waals surface area contributed by atoms with Gasteiger partial charge in [-0.15, -0.1) is 0 Å². The van der Waals surface area contributed by atoms with Crippen molar-refractivity contribution < 1.29 is 4.74 Å². The zero-order valence-electron chi connectivity index (χ0n) is 10.2. The summed E-state index contributed by atoms with van der Waals surface area (Å²) in [6.07, 6.45) is 1.16. The third-order valence-corrected chi connectivity index (χ3v) is 3.91. The molecule has 1 aromatic heterocycles. The van der Waals surface area contributed by atoms with E-state index in [0.717, 1.165) is 23.9 Å². The third kappa shape index (κ3) is 2.23. The Kier molecular flexibility index (Phi) is 3.25. The standard InChI is InChI=1S/C13H15N3OS/c1-17-8-12-15-13(18-16-12)14-7-10-6-9-4-2-3-5-11(9)10/h2-5,10H,6-8H2,1H3,(H,14,15,16). The second-order valence-corrected chi connectivity index (χ2v) is 5.18. The smallest absolute Gasteiger partial charge is 0.202 e. The van der Waals surface area contributed by atoms with Crippen LogP contribution in [0.2, 0.25) is 0 Å². The molecule has 4 nitrogen and oxygen atoms in total. The van der Waals surface area contributed by atoms with Gasteiger partial charge in [-0.2, -0.15) is 4.37 Å². The molecule has 0 radical (unpaired) electrons. The van der Waals surface area contributed by atoms with Crippen LogP contribution in [0.15, 0.2) is 24.3 Å². The van der Waals surface area contributed by atoms with Crippen molar-refractivity contribution in [3.8, 4) is 0 Å². The summed E-state index contributed by atoms with van der Waals surface area (Å²) in [5, 5.41) is 4.24. The van der Waals surface area contributed by atoms with Gasteiger partial charge in [-0.1, -0.05) is 24.3 Å². The molecule has 0 saturated carbocycles. The lowest BCUT2D eigenvalue weighted by molar-refractivity contribution is 0.179.